The number of ether oxygens (including phenoxy) is 2. The van der Waals surface area contributed by atoms with Crippen molar-refractivity contribution in [3.05, 3.63) is 77.8 Å². The molecule has 5 rings (SSSR count). The number of carboxylic acid groups (broad SMARTS) is 1. The molecule has 10 heteroatoms. The molecule has 2 heterocycles. The van der Waals surface area contributed by atoms with Gasteiger partial charge in [-0.05, 0) is 41.5 Å². The van der Waals surface area contributed by atoms with Gasteiger partial charge >= 0.3 is 12.1 Å². The highest BCUT2D eigenvalue weighted by Crippen LogP contribution is 2.34. The Kier molecular flexibility index (Phi) is 6.47. The number of aryl methyl sites for hydroxylation is 1. The van der Waals surface area contributed by atoms with E-state index in [1.54, 1.807) is 19.2 Å². The lowest BCUT2D eigenvalue weighted by atomic mass is 9.78. The van der Waals surface area contributed by atoms with E-state index >= 15 is 0 Å². The molecule has 0 radical (unpaired) electrons. The highest BCUT2D eigenvalue weighted by Gasteiger charge is 2.32. The van der Waals surface area contributed by atoms with Gasteiger partial charge in [0, 0.05) is 37.4 Å². The predicted octanol–water partition coefficient (Wildman–Crippen LogP) is 5.13. The monoisotopic (exact) mass is 501 g/mol. The lowest BCUT2D eigenvalue weighted by molar-refractivity contribution is 0.0833. The van der Waals surface area contributed by atoms with E-state index in [9.17, 15) is 4.79 Å². The van der Waals surface area contributed by atoms with Crippen LogP contribution in [0.3, 0.4) is 0 Å². The maximum Gasteiger partial charge on any atom is 0.404 e. The summed E-state index contributed by atoms with van der Waals surface area (Å²) in [6.45, 7) is 6.03. The Morgan fingerprint density at radius 1 is 1.00 bits per heavy atom. The van der Waals surface area contributed by atoms with E-state index in [4.69, 9.17) is 19.1 Å². The van der Waals surface area contributed by atoms with Crippen molar-refractivity contribution in [1.29, 1.82) is 0 Å². The summed E-state index contributed by atoms with van der Waals surface area (Å²) in [6.07, 6.45) is 1.99. The number of amides is 1. The minimum Gasteiger partial charge on any atom is -0.490 e. The molecule has 2 aromatic heterocycles. The minimum absolute atomic E-state index is 0.0297. The van der Waals surface area contributed by atoms with Crippen LogP contribution in [0.4, 0.5) is 4.79 Å². The molecule has 4 aromatic rings. The van der Waals surface area contributed by atoms with Crippen molar-refractivity contribution in [3.8, 4) is 29.0 Å². The number of benzene rings is 2. The third-order valence-corrected chi connectivity index (χ3v) is 6.48. The van der Waals surface area contributed by atoms with Crippen LogP contribution in [0.5, 0.6) is 17.5 Å². The topological polar surface area (TPSA) is 132 Å². The molecule has 1 amide bonds. The molecule has 0 unspecified atom stereocenters. The number of hydrogen-bond acceptors (Lipinski definition) is 8. The zero-order chi connectivity index (χ0) is 26.0. The molecule has 0 aliphatic heterocycles. The molecule has 0 saturated heterocycles. The molecular weight excluding hydrogens is 474 g/mol. The van der Waals surface area contributed by atoms with E-state index in [0.29, 0.717) is 36.0 Å². The lowest BCUT2D eigenvalue weighted by Crippen LogP contribution is -2.48. The molecule has 37 heavy (non-hydrogen) atoms. The largest absolute Gasteiger partial charge is 0.490 e. The second kappa shape index (κ2) is 9.88. The van der Waals surface area contributed by atoms with Gasteiger partial charge in [-0.25, -0.2) is 9.78 Å². The van der Waals surface area contributed by atoms with Crippen molar-refractivity contribution < 1.29 is 23.9 Å². The number of rotatable bonds is 8. The molecule has 2 N–H and O–H groups in total. The zero-order valence-electron chi connectivity index (χ0n) is 20.7. The Hall–Kier alpha value is -4.47. The average Bonchev–Trinajstić information content (AvgIpc) is 3.30. The molecule has 0 spiro atoms. The van der Waals surface area contributed by atoms with Gasteiger partial charge in [0.05, 0.1) is 0 Å². The van der Waals surface area contributed by atoms with Crippen molar-refractivity contribution >= 4 is 6.09 Å². The maximum atomic E-state index is 10.7. The number of nitrogens with zero attached hydrogens (tertiary/aromatic N) is 4. The maximum absolute atomic E-state index is 10.7. The van der Waals surface area contributed by atoms with Crippen LogP contribution < -0.4 is 14.8 Å². The normalized spacial score (nSPS) is 17.1. The molecule has 1 aliphatic carbocycles. The Morgan fingerprint density at radius 2 is 1.65 bits per heavy atom. The summed E-state index contributed by atoms with van der Waals surface area (Å²) in [4.78, 5) is 23.4. The highest BCUT2D eigenvalue weighted by molar-refractivity contribution is 5.65. The van der Waals surface area contributed by atoms with Crippen molar-refractivity contribution in [2.45, 2.75) is 51.2 Å². The molecular formula is C27H27N5O5. The van der Waals surface area contributed by atoms with E-state index in [1.807, 2.05) is 36.4 Å². The fourth-order valence-corrected chi connectivity index (χ4v) is 4.23. The van der Waals surface area contributed by atoms with Crippen LogP contribution in [0.15, 0.2) is 65.3 Å². The van der Waals surface area contributed by atoms with Gasteiger partial charge in [0.25, 0.3) is 0 Å². The second-order valence-electron chi connectivity index (χ2n) is 9.49. The van der Waals surface area contributed by atoms with Crippen LogP contribution in [-0.4, -0.2) is 43.5 Å². The Labute approximate surface area is 213 Å². The van der Waals surface area contributed by atoms with Gasteiger partial charge in [-0.3, -0.25) is 0 Å². The summed E-state index contributed by atoms with van der Waals surface area (Å²) in [5.74, 6) is 2.23. The number of hydrogen-bond donors (Lipinski definition) is 2. The first kappa shape index (κ1) is 24.2. The van der Waals surface area contributed by atoms with E-state index in [1.165, 1.54) is 0 Å². The second-order valence-corrected chi connectivity index (χ2v) is 9.49. The smallest absolute Gasteiger partial charge is 0.404 e. The first-order valence-corrected chi connectivity index (χ1v) is 11.9. The molecule has 10 nitrogen and oxygen atoms in total. The number of aromatic nitrogens is 4. The van der Waals surface area contributed by atoms with E-state index < -0.39 is 6.09 Å². The fourth-order valence-electron chi connectivity index (χ4n) is 4.23. The standard InChI is InChI=1S/C27H27N5O5/c1-16-29-24(32-37-16)23-12-13-28-25(31-23)36-21-10-6-18(7-11-21)27(2,3)17-4-8-20(9-5-17)35-22-14-19(15-22)30-26(33)34/h4-13,19,22,30H,14-15H2,1-3H3,(H,33,34)/t19-,22-. The van der Waals surface area contributed by atoms with Gasteiger partial charge in [-0.1, -0.05) is 43.3 Å². The molecule has 1 fully saturated rings. The predicted molar refractivity (Wildman–Crippen MR) is 134 cm³/mol. The van der Waals surface area contributed by atoms with Gasteiger partial charge in [0.1, 0.15) is 23.3 Å². The quantitative estimate of drug-likeness (QED) is 0.337. The van der Waals surface area contributed by atoms with Gasteiger partial charge in [0.2, 0.25) is 11.7 Å². The van der Waals surface area contributed by atoms with Crippen LogP contribution >= 0.6 is 0 Å². The van der Waals surface area contributed by atoms with Crippen molar-refractivity contribution in [3.63, 3.8) is 0 Å². The SMILES string of the molecule is Cc1nc(-c2ccnc(Oc3ccc(C(C)(C)c4ccc(O[C@H]5C[C@H](NC(=O)O)C5)cc4)cc3)n2)no1. The first-order valence-electron chi connectivity index (χ1n) is 11.9. The summed E-state index contributed by atoms with van der Waals surface area (Å²) in [7, 11) is 0. The van der Waals surface area contributed by atoms with Gasteiger partial charge in [-0.2, -0.15) is 9.97 Å². The highest BCUT2D eigenvalue weighted by atomic mass is 16.5. The summed E-state index contributed by atoms with van der Waals surface area (Å²) < 4.78 is 16.8. The number of nitrogens with one attached hydrogen (secondary N) is 1. The van der Waals surface area contributed by atoms with Crippen molar-refractivity contribution in [1.82, 2.24) is 25.4 Å². The minimum atomic E-state index is -0.993. The summed E-state index contributed by atoms with van der Waals surface area (Å²) in [5.41, 5.74) is 2.52. The van der Waals surface area contributed by atoms with Crippen molar-refractivity contribution in [2.24, 2.45) is 0 Å². The van der Waals surface area contributed by atoms with Crippen LogP contribution in [0.2, 0.25) is 0 Å². The van der Waals surface area contributed by atoms with E-state index in [2.05, 4.69) is 51.4 Å². The molecule has 1 saturated carbocycles. The zero-order valence-corrected chi connectivity index (χ0v) is 20.7. The Morgan fingerprint density at radius 3 is 2.24 bits per heavy atom. The van der Waals surface area contributed by atoms with Gasteiger partial charge < -0.3 is 24.4 Å². The average molecular weight is 502 g/mol. The van der Waals surface area contributed by atoms with Crippen LogP contribution in [0.1, 0.15) is 43.7 Å². The molecule has 2 aromatic carbocycles. The lowest BCUT2D eigenvalue weighted by Gasteiger charge is -2.35. The third-order valence-electron chi connectivity index (χ3n) is 6.48. The summed E-state index contributed by atoms with van der Waals surface area (Å²) in [6, 6.07) is 17.7. The molecule has 1 aliphatic rings. The van der Waals surface area contributed by atoms with E-state index in [-0.39, 0.29) is 23.6 Å². The summed E-state index contributed by atoms with van der Waals surface area (Å²) in [5, 5.41) is 15.1. The molecule has 190 valence electrons. The first-order chi connectivity index (χ1) is 17.8. The molecule has 0 atom stereocenters. The van der Waals surface area contributed by atoms with Gasteiger partial charge in [0.15, 0.2) is 0 Å². The Balaban J connectivity index is 1.21. The fraction of sp³-hybridized carbons (Fsp3) is 0.296. The van der Waals surface area contributed by atoms with Crippen LogP contribution in [0, 0.1) is 6.92 Å². The molecule has 0 bridgehead atoms. The van der Waals surface area contributed by atoms with Crippen LogP contribution in [-0.2, 0) is 5.41 Å². The number of carbonyl (C=O) groups is 1. The van der Waals surface area contributed by atoms with Crippen LogP contribution in [0.25, 0.3) is 11.5 Å². The van der Waals surface area contributed by atoms with E-state index in [0.717, 1.165) is 16.9 Å². The van der Waals surface area contributed by atoms with Crippen molar-refractivity contribution in [2.75, 3.05) is 0 Å². The Bertz CT molecular complexity index is 1380. The summed E-state index contributed by atoms with van der Waals surface area (Å²) >= 11 is 0. The third kappa shape index (κ3) is 5.53. The van der Waals surface area contributed by atoms with Gasteiger partial charge in [-0.15, -0.1) is 0 Å².